The maximum Gasteiger partial charge on any atom is 0.303 e. The van der Waals surface area contributed by atoms with Gasteiger partial charge in [-0.15, -0.1) is 22.7 Å². The lowest BCUT2D eigenvalue weighted by Crippen LogP contribution is -2.37. The van der Waals surface area contributed by atoms with Crippen LogP contribution in [0.5, 0.6) is 0 Å². The van der Waals surface area contributed by atoms with Crippen LogP contribution < -0.4 is 15.5 Å². The highest BCUT2D eigenvalue weighted by Gasteiger charge is 2.30. The SMILES string of the molecule is CN(c1nc(-c2ccc(F)cc2)cs1)c1c(CCC(=O)O)nc2ccc(C3CCN(S(C)(=O)=O)CC3)nn12.CN(c1nc(-c2ccc(F)cc2)cs1)c1c(CCC(N)=O)nc2ccc(C3CCN(S(C)(=O)=O)CC3)nn12. The predicted molar refractivity (Wildman–Crippen MR) is 287 cm³/mol. The lowest BCUT2D eigenvalue weighted by Gasteiger charge is -2.29. The first-order chi connectivity index (χ1) is 36.2. The van der Waals surface area contributed by atoms with Crippen molar-refractivity contribution in [2.75, 3.05) is 62.6 Å². The van der Waals surface area contributed by atoms with E-state index in [1.165, 1.54) is 68.1 Å². The van der Waals surface area contributed by atoms with Crippen LogP contribution in [0.15, 0.2) is 83.6 Å². The molecule has 26 heteroatoms. The van der Waals surface area contributed by atoms with E-state index in [1.54, 1.807) is 33.3 Å². The third-order valence-corrected chi connectivity index (χ3v) is 17.9. The van der Waals surface area contributed by atoms with Gasteiger partial charge >= 0.3 is 5.97 Å². The van der Waals surface area contributed by atoms with Gasteiger partial charge in [0.15, 0.2) is 33.2 Å². The summed E-state index contributed by atoms with van der Waals surface area (Å²) in [6, 6.07) is 19.9. The Morgan fingerprint density at radius 2 is 1.00 bits per heavy atom. The number of nitrogens with zero attached hydrogens (tertiary/aromatic N) is 12. The number of primary amides is 1. The fourth-order valence-corrected chi connectivity index (χ4v) is 12.7. The number of carboxylic acids is 1. The number of carbonyl (C=O) groups is 2. The standard InChI is InChI=1S/C25H28FN7O3S2.C25H27FN6O4S2/c1-31(25-29-21(15-37-25)16-3-5-18(26)6-4-16)24-20(7-9-22(27)34)28-23-10-8-19(30-33(23)24)17-11-13-32(14-12-17)38(2,35)36;1-30(25-28-21(15-37-25)16-3-5-18(26)6-4-16)24-20(8-10-23(33)34)27-22-9-7-19(29-32(22)24)17-11-13-31(14-12-17)38(2,35)36/h3-6,8,10,15,17H,7,9,11-14H2,1-2H3,(H2,27,34);3-7,9,15,17H,8,10-14H2,1-2H3,(H,33,34). The van der Waals surface area contributed by atoms with E-state index in [-0.39, 0.29) is 42.7 Å². The first kappa shape index (κ1) is 54.0. The maximum absolute atomic E-state index is 13.4. The van der Waals surface area contributed by atoms with Crippen LogP contribution in [0.1, 0.15) is 73.1 Å². The van der Waals surface area contributed by atoms with Gasteiger partial charge in [0.2, 0.25) is 26.0 Å². The van der Waals surface area contributed by atoms with E-state index < -0.39 is 31.9 Å². The summed E-state index contributed by atoms with van der Waals surface area (Å²) in [6.45, 7) is 1.79. The number of hydrogen-bond acceptors (Lipinski definition) is 16. The summed E-state index contributed by atoms with van der Waals surface area (Å²) >= 11 is 2.83. The summed E-state index contributed by atoms with van der Waals surface area (Å²) in [5.41, 5.74) is 12.6. The number of imidazole rings is 2. The molecule has 8 heterocycles. The molecule has 2 aliphatic rings. The second-order valence-corrected chi connectivity index (χ2v) is 24.4. The zero-order chi connectivity index (χ0) is 54.1. The second kappa shape index (κ2) is 22.4. The zero-order valence-electron chi connectivity index (χ0n) is 42.0. The first-order valence-electron chi connectivity index (χ1n) is 24.3. The average Bonchev–Trinajstić information content (AvgIpc) is 4.24. The Hall–Kier alpha value is -6.84. The Labute approximate surface area is 445 Å². The molecule has 400 valence electrons. The summed E-state index contributed by atoms with van der Waals surface area (Å²) in [4.78, 5) is 45.5. The minimum Gasteiger partial charge on any atom is -0.481 e. The van der Waals surface area contributed by atoms with Crippen LogP contribution in [0.25, 0.3) is 33.8 Å². The third-order valence-electron chi connectivity index (χ3n) is 13.4. The number of thiazole rings is 2. The molecular formula is C50H55F2N13O7S4. The van der Waals surface area contributed by atoms with Crippen LogP contribution in [0, 0.1) is 11.6 Å². The van der Waals surface area contributed by atoms with E-state index in [9.17, 15) is 40.3 Å². The number of sulfonamides is 2. The number of aromatic nitrogens is 8. The summed E-state index contributed by atoms with van der Waals surface area (Å²) in [5.74, 6) is -0.478. The van der Waals surface area contributed by atoms with Crippen LogP contribution in [0.3, 0.4) is 0 Å². The van der Waals surface area contributed by atoms with Crippen molar-refractivity contribution in [3.8, 4) is 22.5 Å². The molecule has 1 amide bonds. The third kappa shape index (κ3) is 12.2. The number of benzene rings is 2. The molecule has 0 aliphatic carbocycles. The molecule has 6 aromatic heterocycles. The molecule has 2 aliphatic heterocycles. The Bertz CT molecular complexity index is 3390. The van der Waals surface area contributed by atoms with Crippen LogP contribution in [0.2, 0.25) is 0 Å². The molecule has 10 rings (SSSR count). The van der Waals surface area contributed by atoms with Gasteiger partial charge in [0, 0.05) is 93.3 Å². The van der Waals surface area contributed by atoms with Crippen molar-refractivity contribution >= 4 is 87.8 Å². The van der Waals surface area contributed by atoms with Gasteiger partial charge in [-0.25, -0.2) is 54.2 Å². The van der Waals surface area contributed by atoms with Crippen molar-refractivity contribution in [1.29, 1.82) is 0 Å². The largest absolute Gasteiger partial charge is 0.481 e. The molecule has 8 aromatic rings. The van der Waals surface area contributed by atoms with Gasteiger partial charge < -0.3 is 20.6 Å². The van der Waals surface area contributed by atoms with Crippen LogP contribution >= 0.6 is 22.7 Å². The molecule has 0 spiro atoms. The van der Waals surface area contributed by atoms with Crippen molar-refractivity contribution in [1.82, 2.24) is 47.8 Å². The van der Waals surface area contributed by atoms with Gasteiger partial charge in [-0.3, -0.25) is 9.59 Å². The van der Waals surface area contributed by atoms with E-state index in [0.717, 1.165) is 28.2 Å². The van der Waals surface area contributed by atoms with E-state index in [2.05, 4.69) is 4.98 Å². The van der Waals surface area contributed by atoms with Gasteiger partial charge in [0.05, 0.1) is 53.1 Å². The highest BCUT2D eigenvalue weighted by atomic mass is 32.2. The van der Waals surface area contributed by atoms with Crippen molar-refractivity contribution in [3.05, 3.63) is 118 Å². The topological polar surface area (TPSA) is 248 Å². The molecular weight excluding hydrogens is 1060 g/mol. The number of fused-ring (bicyclic) bond motifs is 2. The number of carboxylic acid groups (broad SMARTS) is 1. The summed E-state index contributed by atoms with van der Waals surface area (Å²) in [5, 5.41) is 24.2. The average molecular weight is 1120 g/mol. The number of nitrogens with two attached hydrogens (primary N) is 1. The number of carbonyl (C=O) groups excluding carboxylic acids is 1. The van der Waals surface area contributed by atoms with Crippen LogP contribution in [-0.4, -0.2) is 134 Å². The lowest BCUT2D eigenvalue weighted by molar-refractivity contribution is -0.137. The number of aliphatic carboxylic acids is 1. The van der Waals surface area contributed by atoms with Crippen molar-refractivity contribution in [2.24, 2.45) is 5.73 Å². The lowest BCUT2D eigenvalue weighted by atomic mass is 9.94. The normalized spacial score (nSPS) is 15.2. The smallest absolute Gasteiger partial charge is 0.303 e. The molecule has 0 unspecified atom stereocenters. The molecule has 0 atom stereocenters. The quantitative estimate of drug-likeness (QED) is 0.0969. The van der Waals surface area contributed by atoms with Crippen molar-refractivity contribution < 1.29 is 40.3 Å². The summed E-state index contributed by atoms with van der Waals surface area (Å²) in [6.07, 6.45) is 5.74. The molecule has 2 fully saturated rings. The minimum absolute atomic E-state index is 0.0831. The number of anilines is 4. The second-order valence-electron chi connectivity index (χ2n) is 18.7. The summed E-state index contributed by atoms with van der Waals surface area (Å²) in [7, 11) is -2.74. The van der Waals surface area contributed by atoms with Gasteiger partial charge in [0.25, 0.3) is 0 Å². The van der Waals surface area contributed by atoms with Gasteiger partial charge in [-0.2, -0.15) is 19.2 Å². The number of rotatable bonds is 16. The maximum atomic E-state index is 13.4. The van der Waals surface area contributed by atoms with Gasteiger partial charge in [0.1, 0.15) is 11.6 Å². The number of aryl methyl sites for hydroxylation is 2. The van der Waals surface area contributed by atoms with E-state index in [4.69, 9.17) is 30.9 Å². The number of hydrogen-bond donors (Lipinski definition) is 2. The van der Waals surface area contributed by atoms with Crippen molar-refractivity contribution in [2.45, 2.75) is 63.2 Å². The number of piperidine rings is 2. The Morgan fingerprint density at radius 1 is 0.618 bits per heavy atom. The monoisotopic (exact) mass is 1120 g/mol. The Balaban J connectivity index is 0.000000186. The zero-order valence-corrected chi connectivity index (χ0v) is 45.2. The molecule has 3 N–H and O–H groups in total. The van der Waals surface area contributed by atoms with Gasteiger partial charge in [-0.05, 0) is 98.5 Å². The molecule has 20 nitrogen and oxygen atoms in total. The molecule has 76 heavy (non-hydrogen) atoms. The Morgan fingerprint density at radius 3 is 1.36 bits per heavy atom. The van der Waals surface area contributed by atoms with Crippen LogP contribution in [0.4, 0.5) is 30.7 Å². The first-order valence-corrected chi connectivity index (χ1v) is 29.7. The molecule has 0 bridgehead atoms. The molecule has 0 radical (unpaired) electrons. The highest BCUT2D eigenvalue weighted by Crippen LogP contribution is 2.37. The fraction of sp³-hybridized carbons (Fsp3) is 0.360. The molecule has 0 saturated carbocycles. The fourth-order valence-electron chi connectivity index (χ4n) is 9.36. The van der Waals surface area contributed by atoms with E-state index >= 15 is 0 Å². The van der Waals surface area contributed by atoms with E-state index in [0.29, 0.717) is 109 Å². The number of halogens is 2. The predicted octanol–water partition coefficient (Wildman–Crippen LogP) is 7.23. The molecule has 2 aromatic carbocycles. The summed E-state index contributed by atoms with van der Waals surface area (Å²) < 4.78 is 80.9. The van der Waals surface area contributed by atoms with Crippen molar-refractivity contribution in [3.63, 3.8) is 0 Å². The number of amides is 1. The van der Waals surface area contributed by atoms with Gasteiger partial charge in [-0.1, -0.05) is 0 Å². The molecule has 2 saturated heterocycles. The van der Waals surface area contributed by atoms with E-state index in [1.807, 2.05) is 58.9 Å². The minimum atomic E-state index is -3.23. The highest BCUT2D eigenvalue weighted by molar-refractivity contribution is 7.88. The Kier molecular flexibility index (Phi) is 15.9. The van der Waals surface area contributed by atoms with Crippen LogP contribution in [-0.2, 0) is 42.5 Å².